The van der Waals surface area contributed by atoms with Gasteiger partial charge in [0.1, 0.15) is 12.4 Å². The van der Waals surface area contributed by atoms with Gasteiger partial charge in [0.25, 0.3) is 0 Å². The molecule has 8 nitrogen and oxygen atoms in total. The second-order valence-electron chi connectivity index (χ2n) is 6.70. The number of hydrogen-bond acceptors (Lipinski definition) is 5. The smallest absolute Gasteiger partial charge is 0.191 e. The van der Waals surface area contributed by atoms with Gasteiger partial charge in [-0.05, 0) is 42.3 Å². The van der Waals surface area contributed by atoms with Crippen LogP contribution < -0.4 is 15.4 Å². The lowest BCUT2D eigenvalue weighted by molar-refractivity contribution is 0.145. The fourth-order valence-corrected chi connectivity index (χ4v) is 2.86. The Labute approximate surface area is 177 Å². The van der Waals surface area contributed by atoms with Crippen LogP contribution in [0.2, 0.25) is 0 Å². The Morgan fingerprint density at radius 2 is 1.97 bits per heavy atom. The summed E-state index contributed by atoms with van der Waals surface area (Å²) in [6.45, 7) is 4.32. The van der Waals surface area contributed by atoms with Crippen LogP contribution in [0.5, 0.6) is 5.75 Å². The van der Waals surface area contributed by atoms with Crippen LogP contribution in [0, 0.1) is 6.92 Å². The standard InChI is InChI=1S/C22H28N6O2/c1-17-5-6-19(20(13-17)30-12-11-29-3)16-26-22(23-2)25-15-18-7-9-24-21(14-18)28-10-4-8-27-28/h4-10,13-14H,11-12,15-16H2,1-3H3,(H2,23,25,26). The molecule has 0 atom stereocenters. The van der Waals surface area contributed by atoms with E-state index in [0.29, 0.717) is 32.3 Å². The molecular weight excluding hydrogens is 380 g/mol. The monoisotopic (exact) mass is 408 g/mol. The van der Waals surface area contributed by atoms with Gasteiger partial charge in [-0.15, -0.1) is 0 Å². The van der Waals surface area contributed by atoms with Crippen LogP contribution in [-0.2, 0) is 17.8 Å². The Kier molecular flexibility index (Phi) is 7.79. The highest BCUT2D eigenvalue weighted by Crippen LogP contribution is 2.20. The molecule has 158 valence electrons. The van der Waals surface area contributed by atoms with Crippen molar-refractivity contribution in [1.29, 1.82) is 0 Å². The second kappa shape index (κ2) is 11.0. The van der Waals surface area contributed by atoms with Crippen molar-refractivity contribution < 1.29 is 9.47 Å². The molecule has 2 N–H and O–H groups in total. The second-order valence-corrected chi connectivity index (χ2v) is 6.70. The van der Waals surface area contributed by atoms with E-state index < -0.39 is 0 Å². The minimum absolute atomic E-state index is 0.514. The Balaban J connectivity index is 1.57. The number of aryl methyl sites for hydroxylation is 1. The van der Waals surface area contributed by atoms with E-state index in [9.17, 15) is 0 Å². The average Bonchev–Trinajstić information content (AvgIpc) is 3.30. The highest BCUT2D eigenvalue weighted by molar-refractivity contribution is 5.79. The molecule has 3 aromatic rings. The lowest BCUT2D eigenvalue weighted by Gasteiger charge is -2.15. The highest BCUT2D eigenvalue weighted by Gasteiger charge is 2.07. The number of hydrogen-bond donors (Lipinski definition) is 2. The van der Waals surface area contributed by atoms with Crippen LogP contribution in [0.1, 0.15) is 16.7 Å². The lowest BCUT2D eigenvalue weighted by Crippen LogP contribution is -2.36. The average molecular weight is 409 g/mol. The molecule has 0 aliphatic rings. The number of nitrogens with one attached hydrogen (secondary N) is 2. The highest BCUT2D eigenvalue weighted by atomic mass is 16.5. The van der Waals surface area contributed by atoms with E-state index in [-0.39, 0.29) is 0 Å². The first-order valence-electron chi connectivity index (χ1n) is 9.80. The van der Waals surface area contributed by atoms with Crippen LogP contribution in [0.15, 0.2) is 60.0 Å². The molecule has 0 saturated carbocycles. The third-order valence-electron chi connectivity index (χ3n) is 4.45. The van der Waals surface area contributed by atoms with E-state index in [1.54, 1.807) is 31.2 Å². The number of nitrogens with zero attached hydrogens (tertiary/aromatic N) is 4. The summed E-state index contributed by atoms with van der Waals surface area (Å²) in [5, 5.41) is 10.9. The van der Waals surface area contributed by atoms with Crippen LogP contribution in [0.3, 0.4) is 0 Å². The van der Waals surface area contributed by atoms with Crippen molar-refractivity contribution in [3.8, 4) is 11.6 Å². The maximum absolute atomic E-state index is 5.86. The molecule has 3 rings (SSSR count). The Hall–Kier alpha value is -3.39. The van der Waals surface area contributed by atoms with Crippen molar-refractivity contribution >= 4 is 5.96 Å². The van der Waals surface area contributed by atoms with Crippen LogP contribution in [0.4, 0.5) is 0 Å². The number of guanidine groups is 1. The number of methoxy groups -OCH3 is 1. The predicted octanol–water partition coefficient (Wildman–Crippen LogP) is 2.47. The summed E-state index contributed by atoms with van der Waals surface area (Å²) in [6, 6.07) is 12.0. The van der Waals surface area contributed by atoms with Gasteiger partial charge in [0, 0.05) is 51.4 Å². The van der Waals surface area contributed by atoms with Crippen molar-refractivity contribution in [1.82, 2.24) is 25.4 Å². The first-order valence-corrected chi connectivity index (χ1v) is 9.80. The molecule has 8 heteroatoms. The van der Waals surface area contributed by atoms with E-state index in [1.165, 1.54) is 0 Å². The Morgan fingerprint density at radius 3 is 2.73 bits per heavy atom. The van der Waals surface area contributed by atoms with Gasteiger partial charge >= 0.3 is 0 Å². The molecule has 1 aromatic carbocycles. The molecule has 0 aliphatic heterocycles. The van der Waals surface area contributed by atoms with E-state index in [1.807, 2.05) is 37.4 Å². The van der Waals surface area contributed by atoms with Gasteiger partial charge in [-0.3, -0.25) is 4.99 Å². The molecule has 0 spiro atoms. The quantitative estimate of drug-likeness (QED) is 0.321. The van der Waals surface area contributed by atoms with Gasteiger partial charge in [0.15, 0.2) is 11.8 Å². The number of aromatic nitrogens is 3. The molecule has 0 unspecified atom stereocenters. The minimum atomic E-state index is 0.514. The molecular formula is C22H28N6O2. The topological polar surface area (TPSA) is 85.6 Å². The van der Waals surface area contributed by atoms with Crippen molar-refractivity contribution in [2.45, 2.75) is 20.0 Å². The molecule has 0 fully saturated rings. The van der Waals surface area contributed by atoms with Crippen molar-refractivity contribution in [3.63, 3.8) is 0 Å². The van der Waals surface area contributed by atoms with Crippen molar-refractivity contribution in [2.75, 3.05) is 27.4 Å². The summed E-state index contributed by atoms with van der Waals surface area (Å²) >= 11 is 0. The zero-order valence-electron chi connectivity index (χ0n) is 17.6. The number of pyridine rings is 1. The van der Waals surface area contributed by atoms with E-state index >= 15 is 0 Å². The molecule has 0 saturated heterocycles. The zero-order valence-corrected chi connectivity index (χ0v) is 17.6. The first-order chi connectivity index (χ1) is 14.7. The summed E-state index contributed by atoms with van der Waals surface area (Å²) in [4.78, 5) is 8.67. The van der Waals surface area contributed by atoms with Crippen molar-refractivity contribution in [2.24, 2.45) is 4.99 Å². The van der Waals surface area contributed by atoms with Gasteiger partial charge in [0.05, 0.1) is 6.61 Å². The number of aliphatic imine (C=N–C) groups is 1. The van der Waals surface area contributed by atoms with Gasteiger partial charge in [-0.2, -0.15) is 5.10 Å². The fourth-order valence-electron chi connectivity index (χ4n) is 2.86. The third kappa shape index (κ3) is 6.05. The predicted molar refractivity (Wildman–Crippen MR) is 117 cm³/mol. The molecule has 0 aliphatic carbocycles. The summed E-state index contributed by atoms with van der Waals surface area (Å²) in [6.07, 6.45) is 5.38. The fraction of sp³-hybridized carbons (Fsp3) is 0.318. The summed E-state index contributed by atoms with van der Waals surface area (Å²) < 4.78 is 12.7. The maximum atomic E-state index is 5.86. The van der Waals surface area contributed by atoms with Gasteiger partial charge in [-0.25, -0.2) is 9.67 Å². The lowest BCUT2D eigenvalue weighted by atomic mass is 10.1. The van der Waals surface area contributed by atoms with E-state index in [2.05, 4.69) is 37.8 Å². The number of ether oxygens (including phenoxy) is 2. The summed E-state index contributed by atoms with van der Waals surface area (Å²) in [7, 11) is 3.42. The zero-order chi connectivity index (χ0) is 21.2. The van der Waals surface area contributed by atoms with Crippen molar-refractivity contribution in [3.05, 3.63) is 71.7 Å². The van der Waals surface area contributed by atoms with Crippen LogP contribution in [-0.4, -0.2) is 48.1 Å². The molecule has 30 heavy (non-hydrogen) atoms. The van der Waals surface area contributed by atoms with E-state index in [0.717, 1.165) is 28.3 Å². The Bertz CT molecular complexity index is 956. The SMILES string of the molecule is CN=C(NCc1ccnc(-n2cccn2)c1)NCc1ccc(C)cc1OCCOC. The van der Waals surface area contributed by atoms with Gasteiger partial charge in [-0.1, -0.05) is 12.1 Å². The third-order valence-corrected chi connectivity index (χ3v) is 4.45. The molecule has 2 aromatic heterocycles. The molecule has 0 amide bonds. The van der Waals surface area contributed by atoms with Gasteiger partial charge < -0.3 is 20.1 Å². The maximum Gasteiger partial charge on any atom is 0.191 e. The van der Waals surface area contributed by atoms with Crippen LogP contribution >= 0.6 is 0 Å². The number of rotatable bonds is 9. The molecule has 0 bridgehead atoms. The first kappa shape index (κ1) is 21.3. The largest absolute Gasteiger partial charge is 0.491 e. The number of benzene rings is 1. The Morgan fingerprint density at radius 1 is 1.10 bits per heavy atom. The summed E-state index contributed by atoms with van der Waals surface area (Å²) in [5.74, 6) is 2.34. The molecule has 2 heterocycles. The van der Waals surface area contributed by atoms with E-state index in [4.69, 9.17) is 9.47 Å². The minimum Gasteiger partial charge on any atom is -0.491 e. The summed E-state index contributed by atoms with van der Waals surface area (Å²) in [5.41, 5.74) is 3.29. The van der Waals surface area contributed by atoms with Gasteiger partial charge in [0.2, 0.25) is 0 Å². The normalized spacial score (nSPS) is 11.4. The molecule has 0 radical (unpaired) electrons. The van der Waals surface area contributed by atoms with Crippen LogP contribution in [0.25, 0.3) is 5.82 Å².